The molecule has 1 aliphatic heterocycles. The predicted molar refractivity (Wildman–Crippen MR) is 94.5 cm³/mol. The maximum absolute atomic E-state index is 12.7. The molecule has 3 rings (SSSR count). The lowest BCUT2D eigenvalue weighted by molar-refractivity contribution is -0.147. The lowest BCUT2D eigenvalue weighted by atomic mass is 9.90. The van der Waals surface area contributed by atoms with Crippen LogP contribution in [0.15, 0.2) is 47.6 Å². The molecule has 0 aliphatic carbocycles. The third kappa shape index (κ3) is 3.12. The summed E-state index contributed by atoms with van der Waals surface area (Å²) in [6.45, 7) is 3.91. The molecule has 0 bridgehead atoms. The van der Waals surface area contributed by atoms with Crippen molar-refractivity contribution in [2.75, 3.05) is 13.1 Å². The number of rotatable bonds is 4. The summed E-state index contributed by atoms with van der Waals surface area (Å²) in [6.07, 6.45) is 2.97. The SMILES string of the molecule is Cc1ccc(S(=O)(=O)n2ccc(C(=O)N3CCC(C)(C(=O)O)C3)c2)cc1. The van der Waals surface area contributed by atoms with Crippen LogP contribution in [0.3, 0.4) is 0 Å². The first-order chi connectivity index (χ1) is 12.1. The average Bonchev–Trinajstić information content (AvgIpc) is 3.23. The lowest BCUT2D eigenvalue weighted by Gasteiger charge is -2.19. The van der Waals surface area contributed by atoms with Gasteiger partial charge in [-0.15, -0.1) is 0 Å². The Bertz CT molecular complexity index is 962. The van der Waals surface area contributed by atoms with Gasteiger partial charge in [-0.1, -0.05) is 17.7 Å². The number of aromatic nitrogens is 1. The van der Waals surface area contributed by atoms with Gasteiger partial charge in [0.15, 0.2) is 0 Å². The topological polar surface area (TPSA) is 96.7 Å². The monoisotopic (exact) mass is 376 g/mol. The van der Waals surface area contributed by atoms with Crippen LogP contribution in [0.2, 0.25) is 0 Å². The molecule has 1 unspecified atom stereocenters. The average molecular weight is 376 g/mol. The molecule has 26 heavy (non-hydrogen) atoms. The van der Waals surface area contributed by atoms with E-state index in [4.69, 9.17) is 0 Å². The van der Waals surface area contributed by atoms with E-state index in [1.807, 2.05) is 6.92 Å². The molecule has 1 fully saturated rings. The summed E-state index contributed by atoms with van der Waals surface area (Å²) >= 11 is 0. The van der Waals surface area contributed by atoms with E-state index in [2.05, 4.69) is 0 Å². The zero-order valence-corrected chi connectivity index (χ0v) is 15.4. The highest BCUT2D eigenvalue weighted by Crippen LogP contribution is 2.31. The number of aliphatic carboxylic acids is 1. The summed E-state index contributed by atoms with van der Waals surface area (Å²) in [5, 5.41) is 9.28. The Morgan fingerprint density at radius 3 is 2.38 bits per heavy atom. The molecule has 8 heteroatoms. The first-order valence-electron chi connectivity index (χ1n) is 8.16. The minimum absolute atomic E-state index is 0.108. The highest BCUT2D eigenvalue weighted by atomic mass is 32.2. The Kier molecular flexibility index (Phi) is 4.39. The molecule has 0 saturated carbocycles. The van der Waals surface area contributed by atoms with Gasteiger partial charge in [0.25, 0.3) is 15.9 Å². The van der Waals surface area contributed by atoms with Gasteiger partial charge in [0.2, 0.25) is 0 Å². The van der Waals surface area contributed by atoms with Crippen molar-refractivity contribution < 1.29 is 23.1 Å². The van der Waals surface area contributed by atoms with Crippen LogP contribution in [0.4, 0.5) is 0 Å². The number of amides is 1. The van der Waals surface area contributed by atoms with Crippen LogP contribution in [0.5, 0.6) is 0 Å². The Labute approximate surface area is 151 Å². The van der Waals surface area contributed by atoms with Crippen LogP contribution in [-0.4, -0.2) is 47.4 Å². The molecular formula is C18H20N2O5S. The number of likely N-dealkylation sites (tertiary alicyclic amines) is 1. The van der Waals surface area contributed by atoms with Crippen LogP contribution in [0, 0.1) is 12.3 Å². The van der Waals surface area contributed by atoms with Crippen LogP contribution in [0.25, 0.3) is 0 Å². The van der Waals surface area contributed by atoms with Crippen molar-refractivity contribution >= 4 is 21.9 Å². The van der Waals surface area contributed by atoms with Crippen molar-refractivity contribution in [3.8, 4) is 0 Å². The molecule has 138 valence electrons. The molecule has 1 atom stereocenters. The molecule has 1 aromatic carbocycles. The molecular weight excluding hydrogens is 356 g/mol. The minimum Gasteiger partial charge on any atom is -0.481 e. The van der Waals surface area contributed by atoms with E-state index in [-0.39, 0.29) is 22.9 Å². The fourth-order valence-electron chi connectivity index (χ4n) is 2.98. The highest BCUT2D eigenvalue weighted by molar-refractivity contribution is 7.90. The molecule has 1 N–H and O–H groups in total. The maximum Gasteiger partial charge on any atom is 0.311 e. The molecule has 1 saturated heterocycles. The lowest BCUT2D eigenvalue weighted by Crippen LogP contribution is -2.34. The van der Waals surface area contributed by atoms with E-state index in [9.17, 15) is 23.1 Å². The summed E-state index contributed by atoms with van der Waals surface area (Å²) in [4.78, 5) is 25.5. The highest BCUT2D eigenvalue weighted by Gasteiger charge is 2.42. The molecule has 1 aliphatic rings. The summed E-state index contributed by atoms with van der Waals surface area (Å²) < 4.78 is 26.3. The normalized spacial score (nSPS) is 20.3. The second-order valence-electron chi connectivity index (χ2n) is 6.89. The standard InChI is InChI=1S/C18H20N2O5S/c1-13-3-5-15(6-4-13)26(24,25)20-9-7-14(11-20)16(21)19-10-8-18(2,12-19)17(22)23/h3-7,9,11H,8,10,12H2,1-2H3,(H,22,23). The molecule has 2 aromatic rings. The molecule has 2 heterocycles. The van der Waals surface area contributed by atoms with Crippen molar-refractivity contribution in [2.24, 2.45) is 5.41 Å². The summed E-state index contributed by atoms with van der Waals surface area (Å²) in [7, 11) is -3.78. The van der Waals surface area contributed by atoms with E-state index in [0.717, 1.165) is 9.54 Å². The maximum atomic E-state index is 12.7. The number of hydrogen-bond donors (Lipinski definition) is 1. The molecule has 0 radical (unpaired) electrons. The third-order valence-electron chi connectivity index (χ3n) is 4.79. The van der Waals surface area contributed by atoms with Gasteiger partial charge in [0.1, 0.15) is 0 Å². The van der Waals surface area contributed by atoms with Gasteiger partial charge < -0.3 is 10.0 Å². The van der Waals surface area contributed by atoms with E-state index in [1.165, 1.54) is 35.5 Å². The first kappa shape index (κ1) is 18.2. The summed E-state index contributed by atoms with van der Waals surface area (Å²) in [5.41, 5.74) is 0.199. The number of nitrogens with zero attached hydrogens (tertiary/aromatic N) is 2. The molecule has 1 aromatic heterocycles. The van der Waals surface area contributed by atoms with Crippen molar-refractivity contribution in [1.82, 2.24) is 8.87 Å². The van der Waals surface area contributed by atoms with Gasteiger partial charge in [-0.3, -0.25) is 9.59 Å². The zero-order chi connectivity index (χ0) is 19.1. The van der Waals surface area contributed by atoms with Gasteiger partial charge in [-0.2, -0.15) is 0 Å². The van der Waals surface area contributed by atoms with Crippen molar-refractivity contribution in [3.05, 3.63) is 53.9 Å². The predicted octanol–water partition coefficient (Wildman–Crippen LogP) is 1.97. The van der Waals surface area contributed by atoms with Gasteiger partial charge in [-0.05, 0) is 38.5 Å². The first-order valence-corrected chi connectivity index (χ1v) is 9.60. The van der Waals surface area contributed by atoms with E-state index in [1.54, 1.807) is 19.1 Å². The summed E-state index contributed by atoms with van der Waals surface area (Å²) in [5.74, 6) is -1.31. The van der Waals surface area contributed by atoms with E-state index < -0.39 is 21.4 Å². The number of benzene rings is 1. The largest absolute Gasteiger partial charge is 0.481 e. The smallest absolute Gasteiger partial charge is 0.311 e. The van der Waals surface area contributed by atoms with Crippen molar-refractivity contribution in [1.29, 1.82) is 0 Å². The van der Waals surface area contributed by atoms with Crippen LogP contribution in [-0.2, 0) is 14.8 Å². The Morgan fingerprint density at radius 1 is 1.15 bits per heavy atom. The molecule has 0 spiro atoms. The fraction of sp³-hybridized carbons (Fsp3) is 0.333. The van der Waals surface area contributed by atoms with Crippen molar-refractivity contribution in [2.45, 2.75) is 25.2 Å². The number of aryl methyl sites for hydroxylation is 1. The summed E-state index contributed by atoms with van der Waals surface area (Å²) in [6, 6.07) is 7.89. The fourth-order valence-corrected chi connectivity index (χ4v) is 4.17. The van der Waals surface area contributed by atoms with Gasteiger partial charge in [0, 0.05) is 25.5 Å². The quantitative estimate of drug-likeness (QED) is 0.880. The van der Waals surface area contributed by atoms with Gasteiger partial charge >= 0.3 is 5.97 Å². The number of carboxylic acids is 1. The number of carboxylic acid groups (broad SMARTS) is 1. The Morgan fingerprint density at radius 2 is 1.81 bits per heavy atom. The van der Waals surface area contributed by atoms with E-state index in [0.29, 0.717) is 13.0 Å². The minimum atomic E-state index is -3.78. The van der Waals surface area contributed by atoms with E-state index >= 15 is 0 Å². The Hall–Kier alpha value is -2.61. The number of carbonyl (C=O) groups excluding carboxylic acids is 1. The second-order valence-corrected chi connectivity index (χ2v) is 8.73. The molecule has 1 amide bonds. The number of carbonyl (C=O) groups is 2. The van der Waals surface area contributed by atoms with Crippen LogP contribution < -0.4 is 0 Å². The van der Waals surface area contributed by atoms with Gasteiger partial charge in [-0.25, -0.2) is 12.4 Å². The Balaban J connectivity index is 1.83. The number of hydrogen-bond acceptors (Lipinski definition) is 4. The third-order valence-corrected chi connectivity index (χ3v) is 6.44. The van der Waals surface area contributed by atoms with Crippen molar-refractivity contribution in [3.63, 3.8) is 0 Å². The zero-order valence-electron chi connectivity index (χ0n) is 14.5. The second kappa shape index (κ2) is 6.28. The van der Waals surface area contributed by atoms with Crippen LogP contribution in [0.1, 0.15) is 29.3 Å². The van der Waals surface area contributed by atoms with Gasteiger partial charge in [0.05, 0.1) is 15.9 Å². The molecule has 7 nitrogen and oxygen atoms in total. The van der Waals surface area contributed by atoms with Crippen LogP contribution >= 0.6 is 0 Å².